The predicted molar refractivity (Wildman–Crippen MR) is 81.7 cm³/mol. The van der Waals surface area contributed by atoms with Crippen LogP contribution in [0.25, 0.3) is 0 Å². The molecule has 0 saturated carbocycles. The number of likely N-dealkylation sites (N-methyl/N-ethyl adjacent to an activating group) is 1. The fourth-order valence-electron chi connectivity index (χ4n) is 2.71. The third-order valence-electron chi connectivity index (χ3n) is 3.85. The number of ketones is 1. The molecule has 0 aliphatic carbocycles. The summed E-state index contributed by atoms with van der Waals surface area (Å²) in [5.41, 5.74) is 0.684. The van der Waals surface area contributed by atoms with Gasteiger partial charge in [-0.1, -0.05) is 28.1 Å². The molecule has 0 bridgehead atoms. The fraction of sp³-hybridized carbons (Fsp3) is 0.467. The van der Waals surface area contributed by atoms with Gasteiger partial charge in [0.15, 0.2) is 5.78 Å². The van der Waals surface area contributed by atoms with Gasteiger partial charge in [0, 0.05) is 17.1 Å². The second kappa shape index (κ2) is 6.50. The van der Waals surface area contributed by atoms with E-state index < -0.39 is 0 Å². The number of nitrogens with one attached hydrogen (secondary N) is 1. The molecule has 5 heteroatoms. The molecule has 1 N–H and O–H groups in total. The van der Waals surface area contributed by atoms with E-state index in [1.807, 2.05) is 36.1 Å². The molecule has 1 amide bonds. The first-order valence-corrected chi connectivity index (χ1v) is 7.61. The van der Waals surface area contributed by atoms with Crippen molar-refractivity contribution in [2.24, 2.45) is 0 Å². The fourth-order valence-corrected chi connectivity index (χ4v) is 2.97. The predicted octanol–water partition coefficient (Wildman–Crippen LogP) is 2.23. The van der Waals surface area contributed by atoms with Crippen molar-refractivity contribution in [1.29, 1.82) is 0 Å². The summed E-state index contributed by atoms with van der Waals surface area (Å²) in [7, 11) is 1.64. The molecular formula is C15H19BrN2O2. The van der Waals surface area contributed by atoms with E-state index >= 15 is 0 Å². The van der Waals surface area contributed by atoms with Crippen LogP contribution in [-0.2, 0) is 4.79 Å². The molecule has 1 fully saturated rings. The van der Waals surface area contributed by atoms with Gasteiger partial charge >= 0.3 is 0 Å². The van der Waals surface area contributed by atoms with Crippen molar-refractivity contribution in [3.63, 3.8) is 0 Å². The standard InChI is InChI=1S/C15H19BrN2O2/c1-10(14(19)11-5-7-12(16)8-6-11)18-9-3-4-13(18)15(20)17-2/h5-8,10,13H,3-4,9H2,1-2H3,(H,17,20). The summed E-state index contributed by atoms with van der Waals surface area (Å²) < 4.78 is 0.950. The van der Waals surface area contributed by atoms with E-state index in [-0.39, 0.29) is 23.8 Å². The lowest BCUT2D eigenvalue weighted by atomic mass is 10.0. The number of likely N-dealkylation sites (tertiary alicyclic amines) is 1. The number of benzene rings is 1. The molecule has 2 rings (SSSR count). The van der Waals surface area contributed by atoms with Gasteiger partial charge < -0.3 is 5.32 Å². The molecule has 2 atom stereocenters. The molecule has 20 heavy (non-hydrogen) atoms. The zero-order valence-electron chi connectivity index (χ0n) is 11.7. The van der Waals surface area contributed by atoms with Crippen molar-refractivity contribution in [1.82, 2.24) is 10.2 Å². The van der Waals surface area contributed by atoms with Gasteiger partial charge in [-0.25, -0.2) is 0 Å². The minimum atomic E-state index is -0.277. The van der Waals surface area contributed by atoms with E-state index in [1.165, 1.54) is 0 Å². The molecule has 0 radical (unpaired) electrons. The van der Waals surface area contributed by atoms with Crippen molar-refractivity contribution in [3.8, 4) is 0 Å². The highest BCUT2D eigenvalue weighted by atomic mass is 79.9. The second-order valence-electron chi connectivity index (χ2n) is 5.06. The van der Waals surface area contributed by atoms with Gasteiger partial charge in [0.2, 0.25) is 5.91 Å². The molecule has 1 aromatic carbocycles. The topological polar surface area (TPSA) is 49.4 Å². The maximum Gasteiger partial charge on any atom is 0.237 e. The first-order chi connectivity index (χ1) is 9.54. The lowest BCUT2D eigenvalue weighted by Gasteiger charge is -2.28. The zero-order valence-corrected chi connectivity index (χ0v) is 13.3. The first-order valence-electron chi connectivity index (χ1n) is 6.81. The summed E-state index contributed by atoms with van der Waals surface area (Å²) in [4.78, 5) is 26.4. The van der Waals surface area contributed by atoms with E-state index in [4.69, 9.17) is 0 Å². The molecular weight excluding hydrogens is 320 g/mol. The third-order valence-corrected chi connectivity index (χ3v) is 4.38. The van der Waals surface area contributed by atoms with Gasteiger partial charge in [-0.15, -0.1) is 0 Å². The lowest BCUT2D eigenvalue weighted by Crippen LogP contribution is -2.48. The van der Waals surface area contributed by atoms with Crippen LogP contribution in [0.4, 0.5) is 0 Å². The van der Waals surface area contributed by atoms with Crippen LogP contribution < -0.4 is 5.32 Å². The number of nitrogens with zero attached hydrogens (tertiary/aromatic N) is 1. The van der Waals surface area contributed by atoms with Gasteiger partial charge in [0.05, 0.1) is 12.1 Å². The first kappa shape index (κ1) is 15.2. The Morgan fingerprint density at radius 2 is 2.00 bits per heavy atom. The zero-order chi connectivity index (χ0) is 14.7. The molecule has 4 nitrogen and oxygen atoms in total. The van der Waals surface area contributed by atoms with Crippen molar-refractivity contribution >= 4 is 27.6 Å². The maximum atomic E-state index is 12.5. The van der Waals surface area contributed by atoms with Crippen molar-refractivity contribution in [3.05, 3.63) is 34.3 Å². The second-order valence-corrected chi connectivity index (χ2v) is 5.97. The van der Waals surface area contributed by atoms with E-state index in [0.717, 1.165) is 23.9 Å². The van der Waals surface area contributed by atoms with Crippen LogP contribution in [0, 0.1) is 0 Å². The van der Waals surface area contributed by atoms with Crippen LogP contribution >= 0.6 is 15.9 Å². The number of carbonyl (C=O) groups is 2. The Bertz CT molecular complexity index is 501. The summed E-state index contributed by atoms with van der Waals surface area (Å²) in [6.07, 6.45) is 1.77. The Morgan fingerprint density at radius 1 is 1.35 bits per heavy atom. The Morgan fingerprint density at radius 3 is 2.60 bits per heavy atom. The lowest BCUT2D eigenvalue weighted by molar-refractivity contribution is -0.125. The van der Waals surface area contributed by atoms with Crippen molar-refractivity contribution < 1.29 is 9.59 Å². The average Bonchev–Trinajstić information content (AvgIpc) is 2.95. The largest absolute Gasteiger partial charge is 0.358 e. The summed E-state index contributed by atoms with van der Waals surface area (Å²) in [5.74, 6) is 0.0614. The molecule has 1 heterocycles. The summed E-state index contributed by atoms with van der Waals surface area (Å²) >= 11 is 3.36. The smallest absolute Gasteiger partial charge is 0.237 e. The average molecular weight is 339 g/mol. The molecule has 1 saturated heterocycles. The number of hydrogen-bond donors (Lipinski definition) is 1. The Hall–Kier alpha value is -1.20. The number of rotatable bonds is 4. The molecule has 1 aliphatic rings. The summed E-state index contributed by atoms with van der Waals surface area (Å²) in [5, 5.41) is 2.68. The van der Waals surface area contributed by atoms with Crippen molar-refractivity contribution in [2.45, 2.75) is 31.8 Å². The Balaban J connectivity index is 2.13. The molecule has 108 valence electrons. The summed E-state index contributed by atoms with van der Waals surface area (Å²) in [6.45, 7) is 2.67. The van der Waals surface area contributed by atoms with Crippen LogP contribution in [0.3, 0.4) is 0 Å². The van der Waals surface area contributed by atoms with Gasteiger partial charge in [0.25, 0.3) is 0 Å². The number of Topliss-reactive ketones (excluding diaryl/α,β-unsaturated/α-hetero) is 1. The van der Waals surface area contributed by atoms with Gasteiger partial charge in [0.1, 0.15) is 0 Å². The van der Waals surface area contributed by atoms with Crippen LogP contribution in [0.2, 0.25) is 0 Å². The monoisotopic (exact) mass is 338 g/mol. The number of hydrogen-bond acceptors (Lipinski definition) is 3. The van der Waals surface area contributed by atoms with Crippen LogP contribution in [-0.4, -0.2) is 42.3 Å². The van der Waals surface area contributed by atoms with E-state index in [9.17, 15) is 9.59 Å². The SMILES string of the molecule is CNC(=O)C1CCCN1C(C)C(=O)c1ccc(Br)cc1. The van der Waals surface area contributed by atoms with Gasteiger partial charge in [-0.05, 0) is 38.4 Å². The van der Waals surface area contributed by atoms with Crippen molar-refractivity contribution in [2.75, 3.05) is 13.6 Å². The highest BCUT2D eigenvalue weighted by Crippen LogP contribution is 2.22. The molecule has 2 unspecified atom stereocenters. The maximum absolute atomic E-state index is 12.5. The van der Waals surface area contributed by atoms with E-state index in [2.05, 4.69) is 21.2 Å². The van der Waals surface area contributed by atoms with E-state index in [1.54, 1.807) is 7.05 Å². The van der Waals surface area contributed by atoms with Crippen LogP contribution in [0.15, 0.2) is 28.7 Å². The highest BCUT2D eigenvalue weighted by molar-refractivity contribution is 9.10. The minimum absolute atomic E-state index is 0.00189. The summed E-state index contributed by atoms with van der Waals surface area (Å²) in [6, 6.07) is 6.89. The van der Waals surface area contributed by atoms with Crippen LogP contribution in [0.1, 0.15) is 30.1 Å². The molecule has 1 aliphatic heterocycles. The Labute approximate surface area is 127 Å². The Kier molecular flexibility index (Phi) is 4.94. The van der Waals surface area contributed by atoms with Gasteiger partial charge in [-0.3, -0.25) is 14.5 Å². The quantitative estimate of drug-likeness (QED) is 0.856. The normalized spacial score (nSPS) is 20.6. The number of amides is 1. The molecule has 0 aromatic heterocycles. The van der Waals surface area contributed by atoms with E-state index in [0.29, 0.717) is 5.56 Å². The van der Waals surface area contributed by atoms with Crippen LogP contribution in [0.5, 0.6) is 0 Å². The molecule has 0 spiro atoms. The molecule has 1 aromatic rings. The third kappa shape index (κ3) is 3.10. The minimum Gasteiger partial charge on any atom is -0.358 e. The van der Waals surface area contributed by atoms with Gasteiger partial charge in [-0.2, -0.15) is 0 Å². The number of halogens is 1. The highest BCUT2D eigenvalue weighted by Gasteiger charge is 2.35. The number of carbonyl (C=O) groups excluding carboxylic acids is 2.